The number of carbonyl (C=O) groups is 1. The highest BCUT2D eigenvalue weighted by molar-refractivity contribution is 5.98. The molecule has 0 radical (unpaired) electrons. The number of rotatable bonds is 10. The predicted octanol–water partition coefficient (Wildman–Crippen LogP) is 7.12. The molecule has 0 amide bonds. The maximum atomic E-state index is 12.9. The van der Waals surface area contributed by atoms with E-state index in [0.717, 1.165) is 29.5 Å². The number of halogens is 3. The van der Waals surface area contributed by atoms with Gasteiger partial charge in [0.1, 0.15) is 5.75 Å². The predicted molar refractivity (Wildman–Crippen MR) is 145 cm³/mol. The quantitative estimate of drug-likeness (QED) is 0.219. The molecule has 4 aromatic rings. The van der Waals surface area contributed by atoms with Crippen LogP contribution < -0.4 is 10.1 Å². The first-order chi connectivity index (χ1) is 18.6. The second-order valence-corrected chi connectivity index (χ2v) is 9.92. The lowest BCUT2D eigenvalue weighted by molar-refractivity contribution is -0.131. The van der Waals surface area contributed by atoms with E-state index < -0.39 is 12.6 Å². The second kappa shape index (κ2) is 10.6. The molecule has 202 valence electrons. The van der Waals surface area contributed by atoms with Crippen LogP contribution in [0.15, 0.2) is 61.3 Å². The molecule has 0 aliphatic heterocycles. The Kier molecular flexibility index (Phi) is 7.16. The number of aromatic nitrogens is 3. The van der Waals surface area contributed by atoms with Crippen LogP contribution in [-0.2, 0) is 0 Å². The van der Waals surface area contributed by atoms with E-state index in [2.05, 4.69) is 16.9 Å². The van der Waals surface area contributed by atoms with Crippen LogP contribution in [0, 0.1) is 12.8 Å². The number of nitrogens with one attached hydrogen (secondary N) is 1. The van der Waals surface area contributed by atoms with E-state index >= 15 is 0 Å². The maximum absolute atomic E-state index is 12.9. The number of fused-ring (bicyclic) bond motifs is 1. The number of hydrogen-bond acceptors (Lipinski definition) is 5. The Morgan fingerprint density at radius 1 is 1.15 bits per heavy atom. The Morgan fingerprint density at radius 2 is 1.90 bits per heavy atom. The topological polar surface area (TPSA) is 68.5 Å². The summed E-state index contributed by atoms with van der Waals surface area (Å²) in [5.41, 5.74) is 5.68. The van der Waals surface area contributed by atoms with Crippen molar-refractivity contribution in [3.8, 4) is 17.0 Å². The molecule has 0 bridgehead atoms. The van der Waals surface area contributed by atoms with Crippen molar-refractivity contribution in [2.75, 3.05) is 19.0 Å². The summed E-state index contributed by atoms with van der Waals surface area (Å²) >= 11 is 0. The molecule has 5 rings (SSSR count). The number of alkyl halides is 3. The van der Waals surface area contributed by atoms with Gasteiger partial charge in [0.05, 0.1) is 36.8 Å². The van der Waals surface area contributed by atoms with Crippen molar-refractivity contribution in [1.82, 2.24) is 14.6 Å². The molecule has 9 heteroatoms. The first kappa shape index (κ1) is 26.5. The van der Waals surface area contributed by atoms with Gasteiger partial charge in [-0.15, -0.1) is 0 Å². The van der Waals surface area contributed by atoms with Gasteiger partial charge >= 0.3 is 6.18 Å². The SMILES string of the molecule is C=C(c1ccc(OC)cc1)c1cc(NCCC(F)(F)F)c2ncc(-c3ccc(C(=O)CC4CC4)c(C)c3)n2n1. The van der Waals surface area contributed by atoms with Gasteiger partial charge in [0, 0.05) is 29.7 Å². The number of hydrogen-bond donors (Lipinski definition) is 1. The summed E-state index contributed by atoms with van der Waals surface area (Å²) in [6.07, 6.45) is -0.847. The molecular weight excluding hydrogens is 505 g/mol. The normalized spacial score (nSPS) is 13.5. The Labute approximate surface area is 224 Å². The molecule has 2 heterocycles. The Morgan fingerprint density at radius 3 is 2.54 bits per heavy atom. The van der Waals surface area contributed by atoms with Crippen molar-refractivity contribution in [3.05, 3.63) is 83.7 Å². The largest absolute Gasteiger partial charge is 0.497 e. The lowest BCUT2D eigenvalue weighted by Gasteiger charge is -2.14. The minimum Gasteiger partial charge on any atom is -0.497 e. The van der Waals surface area contributed by atoms with E-state index in [1.165, 1.54) is 0 Å². The zero-order valence-electron chi connectivity index (χ0n) is 21.8. The minimum absolute atomic E-state index is 0.145. The van der Waals surface area contributed by atoms with Crippen molar-refractivity contribution in [2.24, 2.45) is 5.92 Å². The van der Waals surface area contributed by atoms with E-state index in [4.69, 9.17) is 9.84 Å². The van der Waals surface area contributed by atoms with Crippen molar-refractivity contribution < 1.29 is 22.7 Å². The van der Waals surface area contributed by atoms with Gasteiger partial charge in [-0.1, -0.05) is 30.8 Å². The molecule has 0 spiro atoms. The molecule has 1 saturated carbocycles. The lowest BCUT2D eigenvalue weighted by atomic mass is 9.98. The number of anilines is 1. The number of methoxy groups -OCH3 is 1. The lowest BCUT2D eigenvalue weighted by Crippen LogP contribution is -2.15. The van der Waals surface area contributed by atoms with E-state index in [1.807, 2.05) is 37.3 Å². The number of ketones is 1. The fourth-order valence-corrected chi connectivity index (χ4v) is 4.55. The Balaban J connectivity index is 1.54. The van der Waals surface area contributed by atoms with Gasteiger partial charge < -0.3 is 10.1 Å². The minimum atomic E-state index is -4.29. The van der Waals surface area contributed by atoms with Crippen LogP contribution in [-0.4, -0.2) is 40.2 Å². The van der Waals surface area contributed by atoms with Gasteiger partial charge in [0.25, 0.3) is 0 Å². The Bertz CT molecular complexity index is 1540. The number of carbonyl (C=O) groups excluding carboxylic acids is 1. The molecule has 1 fully saturated rings. The second-order valence-electron chi connectivity index (χ2n) is 9.92. The third kappa shape index (κ3) is 5.97. The molecule has 2 aromatic carbocycles. The smallest absolute Gasteiger partial charge is 0.390 e. The van der Waals surface area contributed by atoms with Gasteiger partial charge in [0.15, 0.2) is 11.4 Å². The number of nitrogens with zero attached hydrogens (tertiary/aromatic N) is 3. The standard InChI is InChI=1S/C30H29F3N4O2/c1-18-14-22(8-11-24(18)28(38)15-20-4-5-20)27-17-35-29-26(34-13-12-30(31,32)33)16-25(36-37(27)29)19(2)21-6-9-23(39-3)10-7-21/h6-11,14,16-17,20,34H,2,4-5,12-13,15H2,1,3H3. The van der Waals surface area contributed by atoms with Crippen LogP contribution in [0.2, 0.25) is 0 Å². The number of aryl methyl sites for hydroxylation is 1. The van der Waals surface area contributed by atoms with Gasteiger partial charge in [0.2, 0.25) is 0 Å². The van der Waals surface area contributed by atoms with E-state index in [9.17, 15) is 18.0 Å². The van der Waals surface area contributed by atoms with E-state index in [-0.39, 0.29) is 12.3 Å². The summed E-state index contributed by atoms with van der Waals surface area (Å²) in [6.45, 7) is 5.79. The van der Waals surface area contributed by atoms with Crippen molar-refractivity contribution in [3.63, 3.8) is 0 Å². The molecule has 1 aliphatic carbocycles. The molecule has 1 aliphatic rings. The van der Waals surface area contributed by atoms with E-state index in [1.54, 1.807) is 36.0 Å². The van der Waals surface area contributed by atoms with Crippen LogP contribution in [0.25, 0.3) is 22.5 Å². The third-order valence-corrected chi connectivity index (χ3v) is 6.93. The molecule has 6 nitrogen and oxygen atoms in total. The van der Waals surface area contributed by atoms with Gasteiger partial charge in [-0.25, -0.2) is 9.50 Å². The average Bonchev–Trinajstić information content (AvgIpc) is 3.61. The van der Waals surface area contributed by atoms with Crippen molar-refractivity contribution in [1.29, 1.82) is 0 Å². The Hall–Kier alpha value is -4.14. The number of imidazole rings is 1. The first-order valence-electron chi connectivity index (χ1n) is 12.8. The molecular formula is C30H29F3N4O2. The maximum Gasteiger partial charge on any atom is 0.390 e. The van der Waals surface area contributed by atoms with Crippen LogP contribution in [0.5, 0.6) is 5.75 Å². The van der Waals surface area contributed by atoms with Gasteiger partial charge in [-0.3, -0.25) is 4.79 Å². The summed E-state index contributed by atoms with van der Waals surface area (Å²) in [5.74, 6) is 1.34. The molecule has 0 atom stereocenters. The molecule has 1 N–H and O–H groups in total. The summed E-state index contributed by atoms with van der Waals surface area (Å²) < 4.78 is 45.4. The van der Waals surface area contributed by atoms with Crippen molar-refractivity contribution in [2.45, 2.75) is 38.8 Å². The zero-order valence-corrected chi connectivity index (χ0v) is 21.8. The molecule has 39 heavy (non-hydrogen) atoms. The van der Waals surface area contributed by atoms with Gasteiger partial charge in [-0.2, -0.15) is 18.3 Å². The molecule has 0 unspecified atom stereocenters. The summed E-state index contributed by atoms with van der Waals surface area (Å²) in [5, 5.41) is 7.66. The fraction of sp³-hybridized carbons (Fsp3) is 0.300. The van der Waals surface area contributed by atoms with E-state index in [0.29, 0.717) is 51.9 Å². The number of Topliss-reactive ketones (excluding diaryl/α,β-unsaturated/α-hetero) is 1. The monoisotopic (exact) mass is 534 g/mol. The highest BCUT2D eigenvalue weighted by atomic mass is 19.4. The first-order valence-corrected chi connectivity index (χ1v) is 12.8. The summed E-state index contributed by atoms with van der Waals surface area (Å²) in [4.78, 5) is 17.2. The zero-order chi connectivity index (χ0) is 27.7. The highest BCUT2D eigenvalue weighted by Crippen LogP contribution is 2.35. The van der Waals surface area contributed by atoms with Crippen LogP contribution in [0.4, 0.5) is 18.9 Å². The average molecular weight is 535 g/mol. The van der Waals surface area contributed by atoms with Crippen LogP contribution >= 0.6 is 0 Å². The third-order valence-electron chi connectivity index (χ3n) is 6.93. The van der Waals surface area contributed by atoms with Crippen LogP contribution in [0.1, 0.15) is 52.9 Å². The van der Waals surface area contributed by atoms with Crippen molar-refractivity contribution >= 4 is 22.7 Å². The van der Waals surface area contributed by atoms with Crippen LogP contribution in [0.3, 0.4) is 0 Å². The number of benzene rings is 2. The number of ether oxygens (including phenoxy) is 1. The van der Waals surface area contributed by atoms with Gasteiger partial charge in [-0.05, 0) is 61.1 Å². The summed E-state index contributed by atoms with van der Waals surface area (Å²) in [6, 6.07) is 14.6. The highest BCUT2D eigenvalue weighted by Gasteiger charge is 2.27. The molecule has 2 aromatic heterocycles. The fourth-order valence-electron chi connectivity index (χ4n) is 4.55. The summed E-state index contributed by atoms with van der Waals surface area (Å²) in [7, 11) is 1.58. The molecule has 0 saturated heterocycles.